The number of amidine groups is 1. The highest BCUT2D eigenvalue weighted by Crippen LogP contribution is 2.28. The number of hydrazine groups is 1. The van der Waals surface area contributed by atoms with Crippen molar-refractivity contribution in [3.63, 3.8) is 0 Å². The quantitative estimate of drug-likeness (QED) is 0.254. The predicted molar refractivity (Wildman–Crippen MR) is 123 cm³/mol. The number of piperazine rings is 1. The Morgan fingerprint density at radius 1 is 1.32 bits per heavy atom. The minimum absolute atomic E-state index is 0. The van der Waals surface area contributed by atoms with Crippen molar-refractivity contribution in [3.8, 4) is 5.75 Å². The summed E-state index contributed by atoms with van der Waals surface area (Å²) in [5.74, 6) is 6.13. The average Bonchev–Trinajstić information content (AvgIpc) is 2.74. The molecule has 0 unspecified atom stereocenters. The Morgan fingerprint density at radius 3 is 2.71 bits per heavy atom. The molecule has 1 fully saturated rings. The highest BCUT2D eigenvalue weighted by atomic mass is 19.1. The minimum Gasteiger partial charge on any atom is -0.495 e. The number of methoxy groups -OCH3 is 1. The molecule has 0 bridgehead atoms. The van der Waals surface area contributed by atoms with Gasteiger partial charge in [0.2, 0.25) is 0 Å². The molecular weight excluding hydrogens is 397 g/mol. The zero-order valence-electron chi connectivity index (χ0n) is 18.4. The van der Waals surface area contributed by atoms with Crippen LogP contribution in [0.1, 0.15) is 32.1 Å². The lowest BCUT2D eigenvalue weighted by atomic mass is 9.98. The molecule has 1 aromatic carbocycles. The van der Waals surface area contributed by atoms with Gasteiger partial charge in [-0.15, -0.1) is 5.10 Å². The van der Waals surface area contributed by atoms with E-state index in [1.165, 1.54) is 0 Å². The summed E-state index contributed by atoms with van der Waals surface area (Å²) in [5.41, 5.74) is 11.1. The number of nitrogens with two attached hydrogens (primary N) is 2. The third-order valence-corrected chi connectivity index (χ3v) is 5.37. The smallest absolute Gasteiger partial charge is 0.157 e. The highest BCUT2D eigenvalue weighted by molar-refractivity contribution is 6.02. The molecular formula is C22H34FN7O. The van der Waals surface area contributed by atoms with Gasteiger partial charge in [-0.3, -0.25) is 9.88 Å². The van der Waals surface area contributed by atoms with Crippen molar-refractivity contribution in [3.05, 3.63) is 53.1 Å². The molecule has 1 aromatic heterocycles. The van der Waals surface area contributed by atoms with E-state index in [4.69, 9.17) is 16.3 Å². The van der Waals surface area contributed by atoms with Crippen molar-refractivity contribution in [2.24, 2.45) is 22.6 Å². The normalized spacial score (nSPS) is 15.4. The van der Waals surface area contributed by atoms with Gasteiger partial charge in [0.1, 0.15) is 11.6 Å². The summed E-state index contributed by atoms with van der Waals surface area (Å²) in [6.45, 7) is 8.01. The maximum absolute atomic E-state index is 15.0. The van der Waals surface area contributed by atoms with Crippen LogP contribution in [0.15, 0.2) is 35.6 Å². The first-order chi connectivity index (χ1) is 14.9. The van der Waals surface area contributed by atoms with Crippen molar-refractivity contribution in [1.82, 2.24) is 15.4 Å². The van der Waals surface area contributed by atoms with E-state index < -0.39 is 0 Å². The van der Waals surface area contributed by atoms with Gasteiger partial charge in [0, 0.05) is 40.3 Å². The summed E-state index contributed by atoms with van der Waals surface area (Å²) < 4.78 is 20.5. The van der Waals surface area contributed by atoms with Crippen LogP contribution in [0.3, 0.4) is 0 Å². The second-order valence-corrected chi connectivity index (χ2v) is 8.11. The lowest BCUT2D eigenvalue weighted by Gasteiger charge is -2.37. The van der Waals surface area contributed by atoms with Crippen molar-refractivity contribution in [2.75, 3.05) is 38.2 Å². The fourth-order valence-electron chi connectivity index (χ4n) is 3.95. The number of nitrogens with one attached hydrogen (secondary N) is 1. The molecule has 5 N–H and O–H groups in total. The molecule has 1 aliphatic rings. The molecule has 8 nitrogen and oxygen atoms in total. The topological polar surface area (TPSA) is 105 Å². The van der Waals surface area contributed by atoms with Gasteiger partial charge in [-0.1, -0.05) is 13.8 Å². The van der Waals surface area contributed by atoms with Crippen molar-refractivity contribution < 1.29 is 10.6 Å². The SMILES string of the molecule is COc1cccnc1CN1CCN(c2cc(CC(C)C)cc(F)c2/C(N)=N/NN)CC1.[HH]. The van der Waals surface area contributed by atoms with Crippen molar-refractivity contribution in [2.45, 2.75) is 26.8 Å². The fraction of sp³-hybridized carbons (Fsp3) is 0.455. The monoisotopic (exact) mass is 431 g/mol. The maximum atomic E-state index is 15.0. The molecule has 31 heavy (non-hydrogen) atoms. The highest BCUT2D eigenvalue weighted by Gasteiger charge is 2.24. The van der Waals surface area contributed by atoms with E-state index in [9.17, 15) is 0 Å². The summed E-state index contributed by atoms with van der Waals surface area (Å²) in [4.78, 5) is 8.92. The van der Waals surface area contributed by atoms with Crippen LogP contribution in [-0.2, 0) is 13.0 Å². The molecule has 2 aromatic rings. The van der Waals surface area contributed by atoms with Crippen molar-refractivity contribution >= 4 is 11.5 Å². The van der Waals surface area contributed by atoms with Crippen LogP contribution >= 0.6 is 0 Å². The third-order valence-electron chi connectivity index (χ3n) is 5.37. The number of aromatic nitrogens is 1. The lowest BCUT2D eigenvalue weighted by molar-refractivity contribution is 0.243. The number of ether oxygens (including phenoxy) is 1. The van der Waals surface area contributed by atoms with Crippen LogP contribution < -0.4 is 26.7 Å². The zero-order valence-corrected chi connectivity index (χ0v) is 18.4. The van der Waals surface area contributed by atoms with E-state index in [1.54, 1.807) is 19.4 Å². The number of hydrazone groups is 1. The second kappa shape index (κ2) is 10.4. The molecule has 9 heteroatoms. The number of pyridine rings is 1. The molecule has 0 atom stereocenters. The molecule has 2 heterocycles. The number of rotatable bonds is 8. The molecule has 0 amide bonds. The number of hydrogen-bond acceptors (Lipinski definition) is 7. The van der Waals surface area contributed by atoms with Crippen LogP contribution in [0.5, 0.6) is 5.75 Å². The van der Waals surface area contributed by atoms with Gasteiger partial charge in [0.05, 0.1) is 24.1 Å². The molecule has 0 spiro atoms. The molecule has 1 saturated heterocycles. The first kappa shape index (κ1) is 22.8. The first-order valence-corrected chi connectivity index (χ1v) is 10.5. The number of halogens is 1. The Labute approximate surface area is 184 Å². The second-order valence-electron chi connectivity index (χ2n) is 8.11. The Morgan fingerprint density at radius 2 is 2.06 bits per heavy atom. The molecule has 0 radical (unpaired) electrons. The number of anilines is 1. The van der Waals surface area contributed by atoms with E-state index in [1.807, 2.05) is 18.2 Å². The van der Waals surface area contributed by atoms with Gasteiger partial charge in [-0.25, -0.2) is 15.8 Å². The average molecular weight is 432 g/mol. The third kappa shape index (κ3) is 5.62. The predicted octanol–water partition coefficient (Wildman–Crippen LogP) is 2.08. The summed E-state index contributed by atoms with van der Waals surface area (Å²) in [5, 5.41) is 3.81. The first-order valence-electron chi connectivity index (χ1n) is 10.5. The van der Waals surface area contributed by atoms with Crippen molar-refractivity contribution in [1.29, 1.82) is 0 Å². The summed E-state index contributed by atoms with van der Waals surface area (Å²) in [7, 11) is 1.65. The van der Waals surface area contributed by atoms with E-state index >= 15 is 4.39 Å². The van der Waals surface area contributed by atoms with Crippen LogP contribution in [0.4, 0.5) is 10.1 Å². The molecule has 3 rings (SSSR count). The van der Waals surface area contributed by atoms with Gasteiger partial charge < -0.3 is 15.4 Å². The van der Waals surface area contributed by atoms with Gasteiger partial charge in [0.15, 0.2) is 5.84 Å². The largest absolute Gasteiger partial charge is 0.495 e. The Hall–Kier alpha value is -2.91. The van der Waals surface area contributed by atoms with E-state index in [0.717, 1.165) is 55.3 Å². The standard InChI is InChI=1S/C22H32FN7O.H2/c1-15(2)11-16-12-17(23)21(22(24)27-28-25)19(13-16)30-9-7-29(8-10-30)14-18-20(31-3)5-4-6-26-18;/h4-6,12-13,15,28H,7-11,14,25H2,1-3H3,(H2,24,27);1H. The van der Waals surface area contributed by atoms with Gasteiger partial charge in [-0.2, -0.15) is 0 Å². The molecule has 1 aliphatic heterocycles. The fourth-order valence-corrected chi connectivity index (χ4v) is 3.95. The molecule has 0 aliphatic carbocycles. The minimum atomic E-state index is -0.384. The Bertz CT molecular complexity index is 917. The number of nitrogens with zero attached hydrogens (tertiary/aromatic N) is 4. The van der Waals surface area contributed by atoms with Gasteiger partial charge >= 0.3 is 0 Å². The number of hydrogen-bond donors (Lipinski definition) is 3. The van der Waals surface area contributed by atoms with Crippen LogP contribution in [0.25, 0.3) is 0 Å². The summed E-state index contributed by atoms with van der Waals surface area (Å²) in [6.07, 6.45) is 2.56. The van der Waals surface area contributed by atoms with Crippen LogP contribution in [0.2, 0.25) is 0 Å². The van der Waals surface area contributed by atoms with E-state index in [0.29, 0.717) is 12.5 Å². The molecule has 170 valence electrons. The summed E-state index contributed by atoms with van der Waals surface area (Å²) >= 11 is 0. The Kier molecular flexibility index (Phi) is 7.64. The zero-order chi connectivity index (χ0) is 22.4. The summed E-state index contributed by atoms with van der Waals surface area (Å²) in [6, 6.07) is 7.35. The van der Waals surface area contributed by atoms with Gasteiger partial charge in [-0.05, 0) is 42.2 Å². The van der Waals surface area contributed by atoms with Crippen LogP contribution in [-0.4, -0.2) is 49.0 Å². The molecule has 0 saturated carbocycles. The number of benzene rings is 1. The van der Waals surface area contributed by atoms with Gasteiger partial charge in [0.25, 0.3) is 0 Å². The lowest BCUT2D eigenvalue weighted by Crippen LogP contribution is -2.46. The van der Waals surface area contributed by atoms with E-state index in [-0.39, 0.29) is 18.6 Å². The Balaban J connectivity index is 0.00000363. The maximum Gasteiger partial charge on any atom is 0.157 e. The van der Waals surface area contributed by atoms with E-state index in [2.05, 4.69) is 39.3 Å². The van der Waals surface area contributed by atoms with Crippen LogP contribution in [0, 0.1) is 11.7 Å².